The van der Waals surface area contributed by atoms with Crippen molar-refractivity contribution in [1.82, 2.24) is 0 Å². The van der Waals surface area contributed by atoms with Crippen LogP contribution in [0.4, 0.5) is 0 Å². The van der Waals surface area contributed by atoms with Crippen molar-refractivity contribution in [3.8, 4) is 0 Å². The molecule has 2 saturated carbocycles. The molecule has 4 heteroatoms. The van der Waals surface area contributed by atoms with E-state index in [4.69, 9.17) is 9.47 Å². The molecule has 4 nitrogen and oxygen atoms in total. The summed E-state index contributed by atoms with van der Waals surface area (Å²) in [7, 11) is 0. The van der Waals surface area contributed by atoms with Gasteiger partial charge in [0.05, 0.1) is 0 Å². The number of Topliss-reactive ketones (excluding diaryl/α,β-unsaturated/α-hetero) is 1. The lowest BCUT2D eigenvalue weighted by molar-refractivity contribution is -0.166. The molecule has 4 aliphatic rings. The van der Waals surface area contributed by atoms with Crippen molar-refractivity contribution in [2.45, 2.75) is 45.5 Å². The Kier molecular flexibility index (Phi) is 3.52. The second-order valence-electron chi connectivity index (χ2n) is 9.65. The molecule has 0 aromatic heterocycles. The number of allylic oxidation sites excluding steroid dienone is 2. The summed E-state index contributed by atoms with van der Waals surface area (Å²) in [6.45, 7) is 6.03. The van der Waals surface area contributed by atoms with Crippen LogP contribution in [0.2, 0.25) is 0 Å². The van der Waals surface area contributed by atoms with Crippen LogP contribution in [-0.4, -0.2) is 18.0 Å². The molecule has 1 aliphatic heterocycles. The maximum atomic E-state index is 13.4. The first-order valence-electron chi connectivity index (χ1n) is 9.98. The first-order valence-corrected chi connectivity index (χ1v) is 9.98. The number of benzene rings is 1. The summed E-state index contributed by atoms with van der Waals surface area (Å²) in [6.07, 6.45) is 5.25. The van der Waals surface area contributed by atoms with Gasteiger partial charge in [0.15, 0.2) is 5.60 Å². The fourth-order valence-electron chi connectivity index (χ4n) is 5.87. The standard InChI is InChI=1S/C23H26O4/c1-22(2,3)21-26-20(25)23(27-21,15-7-5-4-6-8-15)16-12-17(24)19-14-10-9-13(11-14)18(16)19/h4-10,13-14,16,18-19,21H,11-12H2,1-3H3. The minimum absolute atomic E-state index is 0.0377. The van der Waals surface area contributed by atoms with Crippen LogP contribution in [0.3, 0.4) is 0 Å². The van der Waals surface area contributed by atoms with Crippen LogP contribution in [0.1, 0.15) is 39.2 Å². The van der Waals surface area contributed by atoms with E-state index in [0.29, 0.717) is 18.3 Å². The monoisotopic (exact) mass is 366 g/mol. The smallest absolute Gasteiger partial charge is 0.345 e. The molecule has 0 radical (unpaired) electrons. The Labute approximate surface area is 159 Å². The number of carbonyl (C=O) groups is 2. The number of hydrogen-bond donors (Lipinski definition) is 0. The minimum Gasteiger partial charge on any atom is -0.433 e. The second-order valence-corrected chi connectivity index (χ2v) is 9.65. The van der Waals surface area contributed by atoms with Gasteiger partial charge in [-0.15, -0.1) is 0 Å². The van der Waals surface area contributed by atoms with E-state index in [1.807, 2.05) is 51.1 Å². The van der Waals surface area contributed by atoms with Gasteiger partial charge < -0.3 is 9.47 Å². The lowest BCUT2D eigenvalue weighted by Crippen LogP contribution is -2.45. The van der Waals surface area contributed by atoms with Crippen LogP contribution in [-0.2, 0) is 24.7 Å². The molecular weight excluding hydrogens is 340 g/mol. The molecule has 1 aromatic carbocycles. The van der Waals surface area contributed by atoms with E-state index in [2.05, 4.69) is 12.2 Å². The van der Waals surface area contributed by atoms with E-state index in [-0.39, 0.29) is 34.9 Å². The molecule has 2 bridgehead atoms. The van der Waals surface area contributed by atoms with Gasteiger partial charge in [0.1, 0.15) is 5.78 Å². The average Bonchev–Trinajstić information content (AvgIpc) is 3.37. The van der Waals surface area contributed by atoms with Crippen molar-refractivity contribution in [2.75, 3.05) is 0 Å². The molecular formula is C23H26O4. The van der Waals surface area contributed by atoms with Gasteiger partial charge in [0.25, 0.3) is 0 Å². The van der Waals surface area contributed by atoms with Gasteiger partial charge in [-0.2, -0.15) is 0 Å². The number of cyclic esters (lactones) is 1. The van der Waals surface area contributed by atoms with Crippen molar-refractivity contribution < 1.29 is 19.1 Å². The summed E-state index contributed by atoms with van der Waals surface area (Å²) in [5, 5.41) is 0. The molecule has 0 spiro atoms. The van der Waals surface area contributed by atoms with Crippen LogP contribution in [0.5, 0.6) is 0 Å². The maximum Gasteiger partial charge on any atom is 0.345 e. The Morgan fingerprint density at radius 1 is 1.04 bits per heavy atom. The summed E-state index contributed by atoms with van der Waals surface area (Å²) in [5.74, 6) is 0.682. The zero-order chi connectivity index (χ0) is 19.0. The molecule has 1 aromatic rings. The Morgan fingerprint density at radius 2 is 1.74 bits per heavy atom. The van der Waals surface area contributed by atoms with Gasteiger partial charge in [-0.05, 0) is 29.7 Å². The lowest BCUT2D eigenvalue weighted by Gasteiger charge is -2.37. The number of hydrogen-bond acceptors (Lipinski definition) is 4. The minimum atomic E-state index is -1.19. The first-order chi connectivity index (χ1) is 12.8. The molecule has 7 atom stereocenters. The highest BCUT2D eigenvalue weighted by Gasteiger charge is 2.67. The molecule has 1 heterocycles. The molecule has 1 saturated heterocycles. The van der Waals surface area contributed by atoms with Crippen LogP contribution in [0.15, 0.2) is 42.5 Å². The predicted molar refractivity (Wildman–Crippen MR) is 99.4 cm³/mol. The summed E-state index contributed by atoms with van der Waals surface area (Å²) < 4.78 is 12.3. The number of ether oxygens (including phenoxy) is 2. The Morgan fingerprint density at radius 3 is 2.41 bits per heavy atom. The van der Waals surface area contributed by atoms with E-state index in [1.54, 1.807) is 0 Å². The normalized spacial score (nSPS) is 42.6. The zero-order valence-electron chi connectivity index (χ0n) is 16.1. The number of carbonyl (C=O) groups excluding carboxylic acids is 2. The molecule has 3 fully saturated rings. The Bertz CT molecular complexity index is 821. The highest BCUT2D eigenvalue weighted by Crippen LogP contribution is 2.62. The number of ketones is 1. The summed E-state index contributed by atoms with van der Waals surface area (Å²) >= 11 is 0. The van der Waals surface area contributed by atoms with Gasteiger partial charge in [-0.3, -0.25) is 4.79 Å². The predicted octanol–water partition coefficient (Wildman–Crippen LogP) is 3.85. The summed E-state index contributed by atoms with van der Waals surface area (Å²) in [4.78, 5) is 26.3. The zero-order valence-corrected chi connectivity index (χ0v) is 16.1. The second kappa shape index (κ2) is 5.54. The fraction of sp³-hybridized carbons (Fsp3) is 0.565. The van der Waals surface area contributed by atoms with E-state index in [1.165, 1.54) is 0 Å². The van der Waals surface area contributed by atoms with Gasteiger partial charge in [-0.25, -0.2) is 4.79 Å². The van der Waals surface area contributed by atoms with Gasteiger partial charge >= 0.3 is 5.97 Å². The molecule has 3 aliphatic carbocycles. The van der Waals surface area contributed by atoms with E-state index in [9.17, 15) is 9.59 Å². The number of esters is 1. The van der Waals surface area contributed by atoms with Crippen LogP contribution in [0.25, 0.3) is 0 Å². The highest BCUT2D eigenvalue weighted by molar-refractivity contribution is 5.90. The molecule has 0 N–H and O–H groups in total. The molecule has 5 rings (SSSR count). The first kappa shape index (κ1) is 17.2. The SMILES string of the molecule is CC(C)(C)C1OC(=O)C(c2ccccc2)(C2CC(=O)C3C4C=CC(C4)C32)O1. The topological polar surface area (TPSA) is 52.6 Å². The van der Waals surface area contributed by atoms with Gasteiger partial charge in [-0.1, -0.05) is 63.3 Å². The third-order valence-corrected chi connectivity index (χ3v) is 7.02. The van der Waals surface area contributed by atoms with Crippen molar-refractivity contribution >= 4 is 11.8 Å². The third kappa shape index (κ3) is 2.25. The average molecular weight is 366 g/mol. The fourth-order valence-corrected chi connectivity index (χ4v) is 5.87. The van der Waals surface area contributed by atoms with Gasteiger partial charge in [0.2, 0.25) is 6.29 Å². The van der Waals surface area contributed by atoms with Gasteiger partial charge in [0, 0.05) is 23.7 Å². The molecule has 27 heavy (non-hydrogen) atoms. The Hall–Kier alpha value is -1.94. The largest absolute Gasteiger partial charge is 0.433 e. The molecule has 7 unspecified atom stereocenters. The van der Waals surface area contributed by atoms with Crippen molar-refractivity contribution in [1.29, 1.82) is 0 Å². The maximum absolute atomic E-state index is 13.4. The lowest BCUT2D eigenvalue weighted by atomic mass is 9.70. The summed E-state index contributed by atoms with van der Waals surface area (Å²) in [6, 6.07) is 9.65. The number of rotatable bonds is 2. The van der Waals surface area contributed by atoms with Crippen molar-refractivity contribution in [2.24, 2.45) is 35.0 Å². The van der Waals surface area contributed by atoms with Crippen LogP contribution in [0, 0.1) is 35.0 Å². The molecule has 142 valence electrons. The Balaban J connectivity index is 1.63. The highest BCUT2D eigenvalue weighted by atomic mass is 16.8. The quantitative estimate of drug-likeness (QED) is 0.589. The van der Waals surface area contributed by atoms with Crippen molar-refractivity contribution in [3.05, 3.63) is 48.0 Å². The van der Waals surface area contributed by atoms with Crippen molar-refractivity contribution in [3.63, 3.8) is 0 Å². The third-order valence-electron chi connectivity index (χ3n) is 7.02. The van der Waals surface area contributed by atoms with Crippen LogP contribution < -0.4 is 0 Å². The summed E-state index contributed by atoms with van der Waals surface area (Å²) in [5.41, 5.74) is -0.706. The molecule has 0 amide bonds. The van der Waals surface area contributed by atoms with Crippen LogP contribution >= 0.6 is 0 Å². The number of fused-ring (bicyclic) bond motifs is 5. The van der Waals surface area contributed by atoms with E-state index in [0.717, 1.165) is 12.0 Å². The van der Waals surface area contributed by atoms with E-state index >= 15 is 0 Å². The van der Waals surface area contributed by atoms with E-state index < -0.39 is 11.9 Å².